The van der Waals surface area contributed by atoms with Crippen LogP contribution in [0.1, 0.15) is 26.2 Å². The van der Waals surface area contributed by atoms with Crippen molar-refractivity contribution in [3.8, 4) is 0 Å². The average molecular weight is 258 g/mol. The Morgan fingerprint density at radius 2 is 2.17 bits per heavy atom. The first-order valence-electron chi connectivity index (χ1n) is 6.31. The number of urea groups is 1. The van der Waals surface area contributed by atoms with Gasteiger partial charge in [-0.15, -0.1) is 0 Å². The molecule has 0 aromatic carbocycles. The zero-order chi connectivity index (χ0) is 13.5. The number of carboxylic acids is 1. The first-order valence-corrected chi connectivity index (χ1v) is 6.31. The van der Waals surface area contributed by atoms with Crippen molar-refractivity contribution in [1.29, 1.82) is 0 Å². The van der Waals surface area contributed by atoms with Gasteiger partial charge in [0.25, 0.3) is 0 Å². The minimum absolute atomic E-state index is 0.0539. The number of nitrogens with one attached hydrogen (secondary N) is 1. The highest BCUT2D eigenvalue weighted by Gasteiger charge is 2.34. The standard InChI is InChI=1S/C12H22N2O4/c1-9(10-3-4-10)14(7-8-18-2)12(17)13-6-5-11(15)16/h9-10H,3-8H2,1-2H3,(H,13,17)(H,15,16). The quantitative estimate of drug-likeness (QED) is 0.678. The van der Waals surface area contributed by atoms with Gasteiger partial charge in [-0.25, -0.2) is 4.79 Å². The average Bonchev–Trinajstić information content (AvgIpc) is 3.12. The van der Waals surface area contributed by atoms with Crippen LogP contribution >= 0.6 is 0 Å². The Morgan fingerprint density at radius 1 is 1.50 bits per heavy atom. The summed E-state index contributed by atoms with van der Waals surface area (Å²) in [5.41, 5.74) is 0. The molecule has 104 valence electrons. The highest BCUT2D eigenvalue weighted by atomic mass is 16.5. The second-order valence-electron chi connectivity index (χ2n) is 4.64. The Labute approximate surface area is 107 Å². The number of aliphatic carboxylic acids is 1. The Balaban J connectivity index is 2.41. The van der Waals surface area contributed by atoms with E-state index in [9.17, 15) is 9.59 Å². The predicted molar refractivity (Wildman–Crippen MR) is 66.4 cm³/mol. The van der Waals surface area contributed by atoms with Crippen LogP contribution in [-0.2, 0) is 9.53 Å². The molecule has 0 saturated heterocycles. The topological polar surface area (TPSA) is 78.9 Å². The molecule has 1 unspecified atom stereocenters. The summed E-state index contributed by atoms with van der Waals surface area (Å²) >= 11 is 0. The molecule has 2 N–H and O–H groups in total. The molecule has 0 radical (unpaired) electrons. The normalized spacial score (nSPS) is 16.1. The summed E-state index contributed by atoms with van der Waals surface area (Å²) in [6, 6.07) is -0.0160. The van der Waals surface area contributed by atoms with E-state index in [1.165, 1.54) is 0 Å². The van der Waals surface area contributed by atoms with Gasteiger partial charge in [-0.3, -0.25) is 4.79 Å². The van der Waals surface area contributed by atoms with Crippen LogP contribution in [0.4, 0.5) is 4.79 Å². The fourth-order valence-corrected chi connectivity index (χ4v) is 1.89. The third-order valence-corrected chi connectivity index (χ3v) is 3.21. The maximum absolute atomic E-state index is 12.0. The molecule has 2 amide bonds. The number of ether oxygens (including phenoxy) is 1. The van der Waals surface area contributed by atoms with Gasteiger partial charge in [-0.2, -0.15) is 0 Å². The lowest BCUT2D eigenvalue weighted by atomic mass is 10.2. The number of methoxy groups -OCH3 is 1. The van der Waals surface area contributed by atoms with Crippen molar-refractivity contribution < 1.29 is 19.4 Å². The molecule has 0 spiro atoms. The Morgan fingerprint density at radius 3 is 2.67 bits per heavy atom. The first kappa shape index (κ1) is 14.8. The van der Waals surface area contributed by atoms with Crippen LogP contribution in [0, 0.1) is 5.92 Å². The molecule has 1 rings (SSSR count). The molecule has 6 nitrogen and oxygen atoms in total. The molecule has 18 heavy (non-hydrogen) atoms. The van der Waals surface area contributed by atoms with Crippen LogP contribution in [0.25, 0.3) is 0 Å². The number of hydrogen-bond donors (Lipinski definition) is 2. The first-order chi connectivity index (χ1) is 8.56. The molecule has 1 aliphatic rings. The maximum atomic E-state index is 12.0. The van der Waals surface area contributed by atoms with Crippen LogP contribution in [-0.4, -0.2) is 54.9 Å². The molecule has 1 atom stereocenters. The van der Waals surface area contributed by atoms with E-state index in [1.807, 2.05) is 6.92 Å². The van der Waals surface area contributed by atoms with Gasteiger partial charge in [0.15, 0.2) is 0 Å². The molecule has 1 saturated carbocycles. The lowest BCUT2D eigenvalue weighted by Gasteiger charge is -2.29. The van der Waals surface area contributed by atoms with E-state index >= 15 is 0 Å². The van der Waals surface area contributed by atoms with Gasteiger partial charge in [-0.05, 0) is 25.7 Å². The predicted octanol–water partition coefficient (Wildman–Crippen LogP) is 0.918. The third kappa shape index (κ3) is 4.91. The number of carboxylic acid groups (broad SMARTS) is 1. The molecule has 1 fully saturated rings. The van der Waals surface area contributed by atoms with Crippen molar-refractivity contribution in [2.24, 2.45) is 5.92 Å². The van der Waals surface area contributed by atoms with Crippen molar-refractivity contribution in [1.82, 2.24) is 10.2 Å². The molecule has 0 aromatic rings. The van der Waals surface area contributed by atoms with E-state index in [0.717, 1.165) is 12.8 Å². The fourth-order valence-electron chi connectivity index (χ4n) is 1.89. The van der Waals surface area contributed by atoms with Crippen molar-refractivity contribution in [2.75, 3.05) is 26.8 Å². The summed E-state index contributed by atoms with van der Waals surface area (Å²) in [7, 11) is 1.60. The molecule has 1 aliphatic carbocycles. The van der Waals surface area contributed by atoms with Crippen LogP contribution in [0.2, 0.25) is 0 Å². The maximum Gasteiger partial charge on any atom is 0.317 e. The van der Waals surface area contributed by atoms with Crippen molar-refractivity contribution in [2.45, 2.75) is 32.2 Å². The van der Waals surface area contributed by atoms with Crippen LogP contribution in [0.5, 0.6) is 0 Å². The zero-order valence-electron chi connectivity index (χ0n) is 11.0. The molecular formula is C12H22N2O4. The van der Waals surface area contributed by atoms with E-state index in [0.29, 0.717) is 19.1 Å². The lowest BCUT2D eigenvalue weighted by Crippen LogP contribution is -2.47. The summed E-state index contributed by atoms with van der Waals surface area (Å²) < 4.78 is 5.00. The summed E-state index contributed by atoms with van der Waals surface area (Å²) in [4.78, 5) is 24.1. The monoisotopic (exact) mass is 258 g/mol. The summed E-state index contributed by atoms with van der Waals surface area (Å²) in [6.45, 7) is 3.22. The van der Waals surface area contributed by atoms with Crippen LogP contribution < -0.4 is 5.32 Å². The van der Waals surface area contributed by atoms with Gasteiger partial charge >= 0.3 is 12.0 Å². The molecule has 0 heterocycles. The second kappa shape index (κ2) is 7.20. The Bertz CT molecular complexity index is 292. The lowest BCUT2D eigenvalue weighted by molar-refractivity contribution is -0.136. The Kier molecular flexibility index (Phi) is 5.91. The van der Waals surface area contributed by atoms with Gasteiger partial charge in [0.2, 0.25) is 0 Å². The van der Waals surface area contributed by atoms with Gasteiger partial charge in [0.05, 0.1) is 13.0 Å². The molecule has 0 aliphatic heterocycles. The number of carbonyl (C=O) groups excluding carboxylic acids is 1. The molecular weight excluding hydrogens is 236 g/mol. The van der Waals surface area contributed by atoms with Gasteiger partial charge in [0, 0.05) is 26.2 Å². The Hall–Kier alpha value is -1.30. The molecule has 0 bridgehead atoms. The molecule has 0 aromatic heterocycles. The number of hydrogen-bond acceptors (Lipinski definition) is 3. The van der Waals surface area contributed by atoms with E-state index < -0.39 is 5.97 Å². The zero-order valence-corrected chi connectivity index (χ0v) is 11.0. The largest absolute Gasteiger partial charge is 0.481 e. The minimum Gasteiger partial charge on any atom is -0.481 e. The summed E-state index contributed by atoms with van der Waals surface area (Å²) in [5.74, 6) is -0.332. The highest BCUT2D eigenvalue weighted by molar-refractivity contribution is 5.75. The van der Waals surface area contributed by atoms with E-state index in [1.54, 1.807) is 12.0 Å². The smallest absolute Gasteiger partial charge is 0.317 e. The van der Waals surface area contributed by atoms with Gasteiger partial charge in [0.1, 0.15) is 0 Å². The number of carbonyl (C=O) groups is 2. The van der Waals surface area contributed by atoms with Crippen LogP contribution in [0.15, 0.2) is 0 Å². The number of nitrogens with zero attached hydrogens (tertiary/aromatic N) is 1. The summed E-state index contributed by atoms with van der Waals surface area (Å²) in [5, 5.41) is 11.2. The van der Waals surface area contributed by atoms with E-state index in [2.05, 4.69) is 5.32 Å². The van der Waals surface area contributed by atoms with E-state index in [-0.39, 0.29) is 25.0 Å². The van der Waals surface area contributed by atoms with E-state index in [4.69, 9.17) is 9.84 Å². The third-order valence-electron chi connectivity index (χ3n) is 3.21. The van der Waals surface area contributed by atoms with Gasteiger partial charge in [-0.1, -0.05) is 0 Å². The number of rotatable bonds is 8. The molecule has 6 heteroatoms. The van der Waals surface area contributed by atoms with Crippen molar-refractivity contribution in [3.05, 3.63) is 0 Å². The number of amides is 2. The SMILES string of the molecule is COCCN(C(=O)NCCC(=O)O)C(C)C1CC1. The highest BCUT2D eigenvalue weighted by Crippen LogP contribution is 2.35. The van der Waals surface area contributed by atoms with Crippen molar-refractivity contribution in [3.63, 3.8) is 0 Å². The van der Waals surface area contributed by atoms with Gasteiger partial charge < -0.3 is 20.1 Å². The summed E-state index contributed by atoms with van der Waals surface area (Å²) in [6.07, 6.45) is 2.27. The van der Waals surface area contributed by atoms with Crippen LogP contribution in [0.3, 0.4) is 0 Å². The fraction of sp³-hybridized carbons (Fsp3) is 0.833. The minimum atomic E-state index is -0.908. The second-order valence-corrected chi connectivity index (χ2v) is 4.64. The van der Waals surface area contributed by atoms with Crippen molar-refractivity contribution >= 4 is 12.0 Å².